The molecule has 1 aromatic rings. The first-order chi connectivity index (χ1) is 6.61. The monoisotopic (exact) mass is 214 g/mol. The smallest absolute Gasteiger partial charge is 0.309 e. The molecule has 0 unspecified atom stereocenters. The van der Waals surface area contributed by atoms with Gasteiger partial charge in [0.05, 0.1) is 10.9 Å². The summed E-state index contributed by atoms with van der Waals surface area (Å²) in [6, 6.07) is 6.97. The van der Waals surface area contributed by atoms with E-state index < -0.39 is 11.9 Å². The van der Waals surface area contributed by atoms with Crippen LogP contribution in [0.5, 0.6) is 5.75 Å². The Morgan fingerprint density at radius 2 is 2.21 bits per heavy atom. The molecule has 0 amide bonds. The van der Waals surface area contributed by atoms with E-state index >= 15 is 0 Å². The fourth-order valence-corrected chi connectivity index (χ4v) is 1.04. The maximum Gasteiger partial charge on any atom is 0.309 e. The van der Waals surface area contributed by atoms with E-state index in [1.165, 1.54) is 0 Å². The Labute approximate surface area is 87.3 Å². The molecule has 1 N–H and O–H groups in total. The summed E-state index contributed by atoms with van der Waals surface area (Å²) in [6.07, 6.45) is 0. The zero-order valence-corrected chi connectivity index (χ0v) is 8.49. The molecule has 0 spiro atoms. The van der Waals surface area contributed by atoms with Gasteiger partial charge in [0.25, 0.3) is 0 Å². The van der Waals surface area contributed by atoms with Gasteiger partial charge in [0.1, 0.15) is 12.4 Å². The standard InChI is InChI=1S/C10H11ClO3/c1-7(10(12)13)6-14-9-5-3-2-4-8(9)11/h2-5,7H,6H2,1H3,(H,12,13)/t7-/m0/s1. The van der Waals surface area contributed by atoms with Crippen molar-refractivity contribution in [1.29, 1.82) is 0 Å². The molecule has 0 radical (unpaired) electrons. The molecule has 0 aliphatic rings. The van der Waals surface area contributed by atoms with Gasteiger partial charge in [-0.3, -0.25) is 4.79 Å². The Bertz CT molecular complexity index is 325. The molecule has 0 aliphatic heterocycles. The average Bonchev–Trinajstić information content (AvgIpc) is 2.16. The number of rotatable bonds is 4. The van der Waals surface area contributed by atoms with E-state index in [9.17, 15) is 4.79 Å². The van der Waals surface area contributed by atoms with Crippen LogP contribution in [-0.4, -0.2) is 17.7 Å². The third kappa shape index (κ3) is 2.92. The molecule has 0 aliphatic carbocycles. The molecule has 3 nitrogen and oxygen atoms in total. The summed E-state index contributed by atoms with van der Waals surface area (Å²) < 4.78 is 5.25. The molecule has 0 aromatic heterocycles. The predicted octanol–water partition coefficient (Wildman–Crippen LogP) is 2.44. The van der Waals surface area contributed by atoms with E-state index in [1.54, 1.807) is 31.2 Å². The highest BCUT2D eigenvalue weighted by Gasteiger charge is 2.12. The molecule has 1 rings (SSSR count). The Balaban J connectivity index is 2.54. The lowest BCUT2D eigenvalue weighted by Gasteiger charge is -2.09. The van der Waals surface area contributed by atoms with Crippen molar-refractivity contribution in [2.75, 3.05) is 6.61 Å². The van der Waals surface area contributed by atoms with Crippen LogP contribution in [0, 0.1) is 5.92 Å². The van der Waals surface area contributed by atoms with Crippen LogP contribution in [0.25, 0.3) is 0 Å². The van der Waals surface area contributed by atoms with Crippen molar-refractivity contribution in [2.45, 2.75) is 6.92 Å². The van der Waals surface area contributed by atoms with Gasteiger partial charge in [-0.25, -0.2) is 0 Å². The minimum Gasteiger partial charge on any atom is -0.491 e. The Kier molecular flexibility index (Phi) is 3.77. The van der Waals surface area contributed by atoms with E-state index in [2.05, 4.69) is 0 Å². The zero-order valence-electron chi connectivity index (χ0n) is 7.74. The van der Waals surface area contributed by atoms with E-state index in [0.717, 1.165) is 0 Å². The van der Waals surface area contributed by atoms with Gasteiger partial charge < -0.3 is 9.84 Å². The summed E-state index contributed by atoms with van der Waals surface area (Å²) in [4.78, 5) is 10.5. The minimum atomic E-state index is -0.878. The van der Waals surface area contributed by atoms with Gasteiger partial charge in [-0.1, -0.05) is 23.7 Å². The van der Waals surface area contributed by atoms with Crippen molar-refractivity contribution in [3.8, 4) is 5.75 Å². The third-order valence-corrected chi connectivity index (χ3v) is 2.06. The number of aliphatic carboxylic acids is 1. The highest BCUT2D eigenvalue weighted by molar-refractivity contribution is 6.32. The van der Waals surface area contributed by atoms with Gasteiger partial charge in [0.2, 0.25) is 0 Å². The lowest BCUT2D eigenvalue weighted by molar-refractivity contribution is -0.142. The zero-order chi connectivity index (χ0) is 10.6. The molecule has 0 fully saturated rings. The van der Waals surface area contributed by atoms with Gasteiger partial charge in [0, 0.05) is 0 Å². The van der Waals surface area contributed by atoms with Gasteiger partial charge in [-0.15, -0.1) is 0 Å². The first-order valence-corrected chi connectivity index (χ1v) is 4.59. The third-order valence-electron chi connectivity index (χ3n) is 1.75. The number of ether oxygens (including phenoxy) is 1. The first kappa shape index (κ1) is 10.9. The molecule has 1 aromatic carbocycles. The summed E-state index contributed by atoms with van der Waals surface area (Å²) in [6.45, 7) is 1.71. The van der Waals surface area contributed by atoms with Crippen LogP contribution in [-0.2, 0) is 4.79 Å². The molecule has 4 heteroatoms. The lowest BCUT2D eigenvalue weighted by Crippen LogP contribution is -2.17. The van der Waals surface area contributed by atoms with Crippen molar-refractivity contribution in [1.82, 2.24) is 0 Å². The molecule has 0 saturated heterocycles. The molecular weight excluding hydrogens is 204 g/mol. The van der Waals surface area contributed by atoms with Gasteiger partial charge in [-0.2, -0.15) is 0 Å². The van der Waals surface area contributed by atoms with E-state index in [-0.39, 0.29) is 6.61 Å². The minimum absolute atomic E-state index is 0.124. The first-order valence-electron chi connectivity index (χ1n) is 4.21. The number of carbonyl (C=O) groups is 1. The Morgan fingerprint density at radius 3 is 2.79 bits per heavy atom. The number of benzene rings is 1. The highest BCUT2D eigenvalue weighted by Crippen LogP contribution is 2.23. The number of carboxylic acids is 1. The molecule has 0 saturated carbocycles. The van der Waals surface area contributed by atoms with Crippen LogP contribution in [0.3, 0.4) is 0 Å². The summed E-state index contributed by atoms with van der Waals surface area (Å²) in [7, 11) is 0. The van der Waals surface area contributed by atoms with Crippen LogP contribution in [0.4, 0.5) is 0 Å². The van der Waals surface area contributed by atoms with Crippen LogP contribution >= 0.6 is 11.6 Å². The van der Waals surface area contributed by atoms with Gasteiger partial charge in [0.15, 0.2) is 0 Å². The topological polar surface area (TPSA) is 46.5 Å². The Hall–Kier alpha value is -1.22. The molecule has 0 heterocycles. The molecular formula is C10H11ClO3. The Morgan fingerprint density at radius 1 is 1.57 bits per heavy atom. The number of carboxylic acid groups (broad SMARTS) is 1. The maximum atomic E-state index is 10.5. The summed E-state index contributed by atoms with van der Waals surface area (Å²) in [5, 5.41) is 9.11. The number of hydrogen-bond donors (Lipinski definition) is 1. The van der Waals surface area contributed by atoms with Crippen molar-refractivity contribution in [3.63, 3.8) is 0 Å². The molecule has 1 atom stereocenters. The van der Waals surface area contributed by atoms with Crippen molar-refractivity contribution < 1.29 is 14.6 Å². The second kappa shape index (κ2) is 4.86. The second-order valence-corrected chi connectivity index (χ2v) is 3.39. The normalized spacial score (nSPS) is 12.1. The molecule has 76 valence electrons. The quantitative estimate of drug-likeness (QED) is 0.838. The summed E-state index contributed by atoms with van der Waals surface area (Å²) in [5.74, 6) is -0.898. The van der Waals surface area contributed by atoms with Crippen LogP contribution in [0.2, 0.25) is 5.02 Å². The highest BCUT2D eigenvalue weighted by atomic mass is 35.5. The molecule has 14 heavy (non-hydrogen) atoms. The second-order valence-electron chi connectivity index (χ2n) is 2.98. The van der Waals surface area contributed by atoms with E-state index in [1.807, 2.05) is 0 Å². The fraction of sp³-hybridized carbons (Fsp3) is 0.300. The van der Waals surface area contributed by atoms with E-state index in [4.69, 9.17) is 21.4 Å². The van der Waals surface area contributed by atoms with Crippen LogP contribution in [0.15, 0.2) is 24.3 Å². The van der Waals surface area contributed by atoms with Crippen LogP contribution < -0.4 is 4.74 Å². The average molecular weight is 215 g/mol. The van der Waals surface area contributed by atoms with Crippen molar-refractivity contribution in [2.24, 2.45) is 5.92 Å². The summed E-state index contributed by atoms with van der Waals surface area (Å²) >= 11 is 5.81. The SMILES string of the molecule is C[C@@H](COc1ccccc1Cl)C(=O)O. The van der Waals surface area contributed by atoms with E-state index in [0.29, 0.717) is 10.8 Å². The van der Waals surface area contributed by atoms with Crippen molar-refractivity contribution in [3.05, 3.63) is 29.3 Å². The number of hydrogen-bond acceptors (Lipinski definition) is 2. The number of halogens is 1. The van der Waals surface area contributed by atoms with Gasteiger partial charge in [-0.05, 0) is 19.1 Å². The lowest BCUT2D eigenvalue weighted by atomic mass is 10.2. The largest absolute Gasteiger partial charge is 0.491 e. The van der Waals surface area contributed by atoms with Crippen LogP contribution in [0.1, 0.15) is 6.92 Å². The summed E-state index contributed by atoms with van der Waals surface area (Å²) in [5.41, 5.74) is 0. The van der Waals surface area contributed by atoms with Gasteiger partial charge >= 0.3 is 5.97 Å². The number of para-hydroxylation sites is 1. The maximum absolute atomic E-state index is 10.5. The fourth-order valence-electron chi connectivity index (χ4n) is 0.848. The predicted molar refractivity (Wildman–Crippen MR) is 53.7 cm³/mol. The van der Waals surface area contributed by atoms with Crippen molar-refractivity contribution >= 4 is 17.6 Å². The molecule has 0 bridgehead atoms.